The molecule has 2 aliphatic heterocycles. The molecule has 0 unspecified atom stereocenters. The molecule has 150 valence electrons. The van der Waals surface area contributed by atoms with Crippen LogP contribution in [0.3, 0.4) is 0 Å². The van der Waals surface area contributed by atoms with Crippen LogP contribution >= 0.6 is 23.1 Å². The number of hydrogen-bond acceptors (Lipinski definition) is 7. The summed E-state index contributed by atoms with van der Waals surface area (Å²) in [5.74, 6) is -1.22. The van der Waals surface area contributed by atoms with Crippen molar-refractivity contribution >= 4 is 40.9 Å². The minimum absolute atomic E-state index is 0.0501. The number of H-pyrrole nitrogens is 1. The third kappa shape index (κ3) is 2.23. The summed E-state index contributed by atoms with van der Waals surface area (Å²) in [5, 5.41) is 1.13. The van der Waals surface area contributed by atoms with Gasteiger partial charge in [-0.1, -0.05) is 25.2 Å². The predicted octanol–water partition coefficient (Wildman–Crippen LogP) is 1.62. The lowest BCUT2D eigenvalue weighted by molar-refractivity contribution is -0.153. The van der Waals surface area contributed by atoms with Gasteiger partial charge in [-0.05, 0) is 31.1 Å². The minimum Gasteiger partial charge on any atom is -0.465 e. The molecule has 9 heteroatoms. The van der Waals surface area contributed by atoms with Gasteiger partial charge in [0.2, 0.25) is 11.8 Å². The Hall–Kier alpha value is -1.61. The standard InChI is InChI=1S/C19H22N2O5S2/c1-4-26-9(22)6-21-16(23)10-7-5-8(11(10)17(21)24)13-12(7)19(2,3)14-15(27-13)20-18(25)28-14/h7-8,10-13H,4-6H2,1-3H3,(H,20,25)/t7-,8+,10-,11+,12+,13+/m0/s1. The number of imide groups is 1. The van der Waals surface area contributed by atoms with Crippen molar-refractivity contribution in [2.75, 3.05) is 13.2 Å². The topological polar surface area (TPSA) is 96.5 Å². The van der Waals surface area contributed by atoms with Gasteiger partial charge in [-0.2, -0.15) is 0 Å². The molecule has 6 atom stereocenters. The summed E-state index contributed by atoms with van der Waals surface area (Å²) in [6, 6.07) is 0. The largest absolute Gasteiger partial charge is 0.465 e. The van der Waals surface area contributed by atoms with Gasteiger partial charge in [-0.3, -0.25) is 24.1 Å². The van der Waals surface area contributed by atoms with Crippen LogP contribution in [0.15, 0.2) is 9.82 Å². The lowest BCUT2D eigenvalue weighted by atomic mass is 9.64. The number of nitrogens with one attached hydrogen (secondary N) is 1. The molecule has 1 N–H and O–H groups in total. The van der Waals surface area contributed by atoms with Crippen LogP contribution in [0.5, 0.6) is 0 Å². The van der Waals surface area contributed by atoms with E-state index in [1.807, 2.05) is 0 Å². The van der Waals surface area contributed by atoms with Crippen LogP contribution in [0.2, 0.25) is 0 Å². The van der Waals surface area contributed by atoms with Crippen LogP contribution in [-0.4, -0.2) is 46.1 Å². The van der Waals surface area contributed by atoms with Crippen molar-refractivity contribution in [1.82, 2.24) is 9.88 Å². The second-order valence-corrected chi connectivity index (χ2v) is 10.9. The molecular weight excluding hydrogens is 400 g/mol. The minimum atomic E-state index is -0.539. The van der Waals surface area contributed by atoms with Crippen LogP contribution in [-0.2, 0) is 24.5 Å². The summed E-state index contributed by atoms with van der Waals surface area (Å²) in [5.41, 5.74) is -0.225. The van der Waals surface area contributed by atoms with Gasteiger partial charge in [0.25, 0.3) is 0 Å². The maximum absolute atomic E-state index is 13.1. The first-order chi connectivity index (χ1) is 13.3. The van der Waals surface area contributed by atoms with E-state index in [0.29, 0.717) is 0 Å². The SMILES string of the molecule is CCOC(=O)CN1C(=O)[C@@H]2[C@H]3C[C@@H]([C@@H]2C1=O)[C@@H]1[C@@H]3Sc2[nH]c(=O)sc2C1(C)C. The molecule has 3 heterocycles. The molecule has 5 rings (SSSR count). The van der Waals surface area contributed by atoms with E-state index in [9.17, 15) is 19.2 Å². The van der Waals surface area contributed by atoms with Crippen LogP contribution in [0.25, 0.3) is 0 Å². The van der Waals surface area contributed by atoms with Crippen LogP contribution in [0.1, 0.15) is 32.1 Å². The third-order valence-corrected chi connectivity index (χ3v) is 9.88. The van der Waals surface area contributed by atoms with Crippen molar-refractivity contribution in [3.63, 3.8) is 0 Å². The Labute approximate surface area is 170 Å². The molecule has 2 aliphatic carbocycles. The van der Waals surface area contributed by atoms with E-state index in [1.54, 1.807) is 18.7 Å². The van der Waals surface area contributed by atoms with Gasteiger partial charge in [-0.25, -0.2) is 0 Å². The number of thiazole rings is 1. The highest BCUT2D eigenvalue weighted by atomic mass is 32.2. The Morgan fingerprint density at radius 1 is 1.21 bits per heavy atom. The van der Waals surface area contributed by atoms with Crippen molar-refractivity contribution in [3.8, 4) is 0 Å². The first kappa shape index (κ1) is 18.4. The molecule has 0 spiro atoms. The number of thioether (sulfide) groups is 1. The fraction of sp³-hybridized carbons (Fsp3) is 0.684. The van der Waals surface area contributed by atoms with Crippen molar-refractivity contribution in [2.24, 2.45) is 29.6 Å². The van der Waals surface area contributed by atoms with E-state index in [1.165, 1.54) is 11.3 Å². The highest BCUT2D eigenvalue weighted by Gasteiger charge is 2.70. The van der Waals surface area contributed by atoms with Crippen LogP contribution < -0.4 is 4.87 Å². The van der Waals surface area contributed by atoms with E-state index in [0.717, 1.165) is 21.2 Å². The number of fused-ring (bicyclic) bond motifs is 9. The molecule has 2 saturated carbocycles. The molecule has 0 radical (unpaired) electrons. The lowest BCUT2D eigenvalue weighted by Gasteiger charge is -2.47. The number of carbonyl (C=O) groups excluding carboxylic acids is 3. The summed E-state index contributed by atoms with van der Waals surface area (Å²) >= 11 is 2.93. The fourth-order valence-corrected chi connectivity index (χ4v) is 9.36. The van der Waals surface area contributed by atoms with E-state index >= 15 is 0 Å². The first-order valence-electron chi connectivity index (χ1n) is 9.66. The first-order valence-corrected chi connectivity index (χ1v) is 11.4. The lowest BCUT2D eigenvalue weighted by Crippen LogP contribution is -2.48. The van der Waals surface area contributed by atoms with Crippen LogP contribution in [0, 0.1) is 29.6 Å². The zero-order valence-electron chi connectivity index (χ0n) is 15.9. The maximum atomic E-state index is 13.1. The number of likely N-dealkylation sites (tertiary alicyclic amines) is 1. The summed E-state index contributed by atoms with van der Waals surface area (Å²) < 4.78 is 4.94. The molecule has 28 heavy (non-hydrogen) atoms. The highest BCUT2D eigenvalue weighted by molar-refractivity contribution is 8.00. The Morgan fingerprint density at radius 3 is 2.57 bits per heavy atom. The third-order valence-electron chi connectivity index (χ3n) is 7.07. The molecule has 4 aliphatic rings. The number of amides is 2. The number of hydrogen-bond donors (Lipinski definition) is 1. The monoisotopic (exact) mass is 422 g/mol. The second-order valence-electron chi connectivity index (χ2n) is 8.69. The summed E-state index contributed by atoms with van der Waals surface area (Å²) in [6.07, 6.45) is 0.866. The van der Waals surface area contributed by atoms with Gasteiger partial charge in [0, 0.05) is 15.5 Å². The van der Waals surface area contributed by atoms with Gasteiger partial charge in [0.1, 0.15) is 6.54 Å². The van der Waals surface area contributed by atoms with Crippen molar-refractivity contribution in [2.45, 2.75) is 42.9 Å². The normalized spacial score (nSPS) is 37.0. The number of aromatic amines is 1. The maximum Gasteiger partial charge on any atom is 0.326 e. The molecule has 7 nitrogen and oxygen atoms in total. The summed E-state index contributed by atoms with van der Waals surface area (Å²) in [6.45, 7) is 5.95. The van der Waals surface area contributed by atoms with E-state index in [-0.39, 0.29) is 70.1 Å². The Balaban J connectivity index is 1.49. The molecule has 2 amide bonds. The summed E-state index contributed by atoms with van der Waals surface area (Å²) in [4.78, 5) is 55.1. The molecule has 3 fully saturated rings. The smallest absolute Gasteiger partial charge is 0.326 e. The molecule has 1 aromatic heterocycles. The van der Waals surface area contributed by atoms with Gasteiger partial charge >= 0.3 is 10.8 Å². The van der Waals surface area contributed by atoms with E-state index in [2.05, 4.69) is 18.8 Å². The number of nitrogens with zero attached hydrogens (tertiary/aromatic N) is 1. The number of ether oxygens (including phenoxy) is 1. The van der Waals surface area contributed by atoms with Crippen molar-refractivity contribution in [3.05, 3.63) is 14.5 Å². The van der Waals surface area contributed by atoms with Crippen molar-refractivity contribution in [1.29, 1.82) is 0 Å². The van der Waals surface area contributed by atoms with Gasteiger partial charge < -0.3 is 9.72 Å². The van der Waals surface area contributed by atoms with Crippen molar-refractivity contribution < 1.29 is 19.1 Å². The number of rotatable bonds is 3. The van der Waals surface area contributed by atoms with Gasteiger partial charge in [0.05, 0.1) is 23.5 Å². The molecule has 2 bridgehead atoms. The molecule has 1 saturated heterocycles. The number of carbonyl (C=O) groups is 3. The average molecular weight is 423 g/mol. The summed E-state index contributed by atoms with van der Waals surface area (Å²) in [7, 11) is 0. The Kier molecular flexibility index (Phi) is 3.91. The number of esters is 1. The van der Waals surface area contributed by atoms with E-state index < -0.39 is 5.97 Å². The fourth-order valence-electron chi connectivity index (χ4n) is 6.21. The Morgan fingerprint density at radius 2 is 1.89 bits per heavy atom. The Bertz CT molecular complexity index is 950. The zero-order valence-corrected chi connectivity index (χ0v) is 17.5. The molecular formula is C19H22N2O5S2. The number of aromatic nitrogens is 1. The van der Waals surface area contributed by atoms with Crippen LogP contribution in [0.4, 0.5) is 0 Å². The predicted molar refractivity (Wildman–Crippen MR) is 103 cm³/mol. The second kappa shape index (κ2) is 5.95. The quantitative estimate of drug-likeness (QED) is 0.587. The highest BCUT2D eigenvalue weighted by Crippen LogP contribution is 2.68. The zero-order chi connectivity index (χ0) is 20.0. The van der Waals surface area contributed by atoms with Gasteiger partial charge in [0.15, 0.2) is 0 Å². The molecule has 0 aromatic carbocycles. The van der Waals surface area contributed by atoms with Gasteiger partial charge in [-0.15, -0.1) is 11.8 Å². The van der Waals surface area contributed by atoms with E-state index in [4.69, 9.17) is 4.74 Å². The average Bonchev–Trinajstić information content (AvgIpc) is 3.33. The molecule has 1 aromatic rings.